The molecule has 6 aromatic rings. The van der Waals surface area contributed by atoms with Gasteiger partial charge in [-0.15, -0.1) is 15.3 Å². The van der Waals surface area contributed by atoms with Gasteiger partial charge in [-0.25, -0.2) is 0 Å². The van der Waals surface area contributed by atoms with Crippen LogP contribution in [0.3, 0.4) is 0 Å². The molecule has 0 saturated carbocycles. The second-order valence-electron chi connectivity index (χ2n) is 9.09. The van der Waals surface area contributed by atoms with Crippen LogP contribution in [-0.2, 0) is 10.1 Å². The maximum absolute atomic E-state index is 11.4. The Hall–Kier alpha value is -5.19. The van der Waals surface area contributed by atoms with Crippen molar-refractivity contribution < 1.29 is 18.1 Å². The minimum absolute atomic E-state index is 0.00108. The van der Waals surface area contributed by atoms with Gasteiger partial charge < -0.3 is 10.8 Å². The number of nitrogens with zero attached hydrogens (tertiary/aromatic N) is 4. The zero-order valence-corrected chi connectivity index (χ0v) is 21.6. The van der Waals surface area contributed by atoms with Gasteiger partial charge in [-0.2, -0.15) is 13.5 Å². The van der Waals surface area contributed by atoms with E-state index < -0.39 is 10.1 Å². The van der Waals surface area contributed by atoms with Crippen LogP contribution >= 0.6 is 0 Å². The third-order valence-corrected chi connectivity index (χ3v) is 7.40. The van der Waals surface area contributed by atoms with E-state index in [0.717, 1.165) is 21.5 Å². The van der Waals surface area contributed by atoms with E-state index in [4.69, 9.17) is 5.73 Å². The van der Waals surface area contributed by atoms with E-state index in [0.29, 0.717) is 39.2 Å². The Morgan fingerprint density at radius 1 is 0.600 bits per heavy atom. The van der Waals surface area contributed by atoms with Crippen molar-refractivity contribution in [2.75, 3.05) is 5.73 Å². The van der Waals surface area contributed by atoms with Crippen LogP contribution in [0.1, 0.15) is 0 Å². The van der Waals surface area contributed by atoms with E-state index in [1.165, 1.54) is 12.1 Å². The van der Waals surface area contributed by atoms with Crippen molar-refractivity contribution >= 4 is 70.9 Å². The fourth-order valence-electron chi connectivity index (χ4n) is 4.55. The Bertz CT molecular complexity index is 2130. The molecule has 0 aliphatic heterocycles. The Morgan fingerprint density at radius 3 is 1.98 bits per heavy atom. The van der Waals surface area contributed by atoms with Crippen LogP contribution in [0.25, 0.3) is 32.3 Å². The smallest absolute Gasteiger partial charge is 0.294 e. The summed E-state index contributed by atoms with van der Waals surface area (Å²) in [5, 5.41) is 32.6. The lowest BCUT2D eigenvalue weighted by Gasteiger charge is -2.07. The number of nitrogens with two attached hydrogens (primary N) is 1. The number of anilines is 1. The number of azo groups is 2. The molecule has 6 rings (SSSR count). The summed E-state index contributed by atoms with van der Waals surface area (Å²) < 4.78 is 32.1. The van der Waals surface area contributed by atoms with Crippen LogP contribution in [0.15, 0.2) is 128 Å². The van der Waals surface area contributed by atoms with Crippen molar-refractivity contribution in [2.45, 2.75) is 4.90 Å². The number of phenolic OH excluding ortho intramolecular Hbond substituents is 1. The minimum atomic E-state index is -4.28. The lowest BCUT2D eigenvalue weighted by atomic mass is 10.1. The van der Waals surface area contributed by atoms with Crippen molar-refractivity contribution in [1.29, 1.82) is 0 Å². The fourth-order valence-corrected chi connectivity index (χ4v) is 5.07. The zero-order chi connectivity index (χ0) is 27.9. The average molecular weight is 548 g/mol. The quantitative estimate of drug-likeness (QED) is 0.112. The van der Waals surface area contributed by atoms with E-state index in [-0.39, 0.29) is 10.6 Å². The van der Waals surface area contributed by atoms with E-state index >= 15 is 0 Å². The largest absolute Gasteiger partial charge is 0.506 e. The molecule has 6 aromatic carbocycles. The number of phenols is 1. The Kier molecular flexibility index (Phi) is 6.18. The van der Waals surface area contributed by atoms with Crippen LogP contribution in [0, 0.1) is 0 Å². The van der Waals surface area contributed by atoms with Gasteiger partial charge in [0.05, 0.1) is 22.0 Å². The monoisotopic (exact) mass is 547 g/mol. The molecular weight excluding hydrogens is 526 g/mol. The normalized spacial score (nSPS) is 12.3. The molecule has 0 aliphatic carbocycles. The number of benzene rings is 6. The van der Waals surface area contributed by atoms with E-state index in [1.807, 2.05) is 30.3 Å². The predicted octanol–water partition coefficient (Wildman–Crippen LogP) is 8.51. The van der Waals surface area contributed by atoms with Crippen LogP contribution in [0.4, 0.5) is 28.4 Å². The molecular formula is C30H21N5O4S. The minimum Gasteiger partial charge on any atom is -0.506 e. The zero-order valence-electron chi connectivity index (χ0n) is 20.8. The van der Waals surface area contributed by atoms with Gasteiger partial charge in [0.15, 0.2) is 0 Å². The first-order valence-electron chi connectivity index (χ1n) is 12.1. The van der Waals surface area contributed by atoms with Crippen molar-refractivity contribution in [2.24, 2.45) is 20.5 Å². The molecule has 0 radical (unpaired) electrons. The van der Waals surface area contributed by atoms with Crippen LogP contribution < -0.4 is 5.73 Å². The summed E-state index contributed by atoms with van der Waals surface area (Å²) in [6, 6.07) is 29.5. The molecule has 4 N–H and O–H groups in total. The van der Waals surface area contributed by atoms with Gasteiger partial charge in [-0.1, -0.05) is 48.5 Å². The van der Waals surface area contributed by atoms with Gasteiger partial charge in [0.25, 0.3) is 10.1 Å². The van der Waals surface area contributed by atoms with Gasteiger partial charge in [0, 0.05) is 27.2 Å². The van der Waals surface area contributed by atoms with E-state index in [1.54, 1.807) is 60.7 Å². The predicted molar refractivity (Wildman–Crippen MR) is 156 cm³/mol. The molecule has 0 unspecified atom stereocenters. The summed E-state index contributed by atoms with van der Waals surface area (Å²) >= 11 is 0. The fraction of sp³-hybridized carbons (Fsp3) is 0. The lowest BCUT2D eigenvalue weighted by Crippen LogP contribution is -1.97. The summed E-state index contributed by atoms with van der Waals surface area (Å²) in [6.45, 7) is 0. The summed E-state index contributed by atoms with van der Waals surface area (Å²) in [5.41, 5.74) is 8.80. The van der Waals surface area contributed by atoms with Crippen molar-refractivity contribution in [3.63, 3.8) is 0 Å². The molecule has 40 heavy (non-hydrogen) atoms. The summed E-state index contributed by atoms with van der Waals surface area (Å²) in [5.74, 6) is 0.00108. The summed E-state index contributed by atoms with van der Waals surface area (Å²) in [4.78, 5) is -0.169. The van der Waals surface area contributed by atoms with Crippen LogP contribution in [-0.4, -0.2) is 18.1 Å². The molecule has 9 nitrogen and oxygen atoms in total. The van der Waals surface area contributed by atoms with E-state index in [2.05, 4.69) is 20.5 Å². The van der Waals surface area contributed by atoms with E-state index in [9.17, 15) is 18.1 Å². The topological polar surface area (TPSA) is 150 Å². The van der Waals surface area contributed by atoms with Crippen molar-refractivity contribution in [1.82, 2.24) is 0 Å². The summed E-state index contributed by atoms with van der Waals surface area (Å²) in [6.07, 6.45) is 0. The molecule has 0 fully saturated rings. The highest BCUT2D eigenvalue weighted by Crippen LogP contribution is 2.40. The first kappa shape index (κ1) is 25.1. The van der Waals surface area contributed by atoms with Gasteiger partial charge in [-0.05, 0) is 65.4 Å². The highest BCUT2D eigenvalue weighted by atomic mass is 32.2. The SMILES string of the molecule is Nc1cccc2c(/N=N/c3ccc(/N=N/c4ccc5cc(S(=O)(=O)O)ccc5c4)c4ccccc34)c(O)ccc12. The number of fused-ring (bicyclic) bond motifs is 3. The highest BCUT2D eigenvalue weighted by Gasteiger charge is 2.11. The maximum Gasteiger partial charge on any atom is 0.294 e. The molecule has 196 valence electrons. The Morgan fingerprint density at radius 2 is 1.25 bits per heavy atom. The standard InChI is InChI=1S/C30H21N5O4S/c31-26-7-3-6-25-22(26)12-15-29(36)30(25)35-34-28-14-13-27(23-4-1-2-5-24(23)28)33-32-20-10-8-19-17-21(40(37,38)39)11-9-18(19)16-20/h1-17,36H,31H2,(H,37,38,39)/b33-32+,35-34+. The number of aromatic hydroxyl groups is 1. The number of nitrogen functional groups attached to an aromatic ring is 1. The first-order valence-corrected chi connectivity index (χ1v) is 13.6. The average Bonchev–Trinajstić information content (AvgIpc) is 2.95. The number of rotatable bonds is 5. The maximum atomic E-state index is 11.4. The van der Waals surface area contributed by atoms with Gasteiger partial charge in [0.1, 0.15) is 11.4 Å². The first-order chi connectivity index (χ1) is 19.3. The molecule has 0 bridgehead atoms. The molecule has 0 aromatic heterocycles. The lowest BCUT2D eigenvalue weighted by molar-refractivity contribution is 0.477. The summed E-state index contributed by atoms with van der Waals surface area (Å²) in [7, 11) is -4.28. The molecule has 0 aliphatic rings. The molecule has 10 heteroatoms. The van der Waals surface area contributed by atoms with Gasteiger partial charge in [0.2, 0.25) is 0 Å². The molecule has 0 amide bonds. The van der Waals surface area contributed by atoms with Crippen molar-refractivity contribution in [3.8, 4) is 5.75 Å². The van der Waals surface area contributed by atoms with Crippen LogP contribution in [0.5, 0.6) is 5.75 Å². The van der Waals surface area contributed by atoms with Crippen LogP contribution in [0.2, 0.25) is 0 Å². The second-order valence-corrected chi connectivity index (χ2v) is 10.5. The van der Waals surface area contributed by atoms with Gasteiger partial charge >= 0.3 is 0 Å². The van der Waals surface area contributed by atoms with Gasteiger partial charge in [-0.3, -0.25) is 4.55 Å². The number of hydrogen-bond acceptors (Lipinski definition) is 8. The number of hydrogen-bond donors (Lipinski definition) is 3. The third-order valence-electron chi connectivity index (χ3n) is 6.55. The molecule has 0 atom stereocenters. The third kappa shape index (κ3) is 4.73. The molecule has 0 spiro atoms. The highest BCUT2D eigenvalue weighted by molar-refractivity contribution is 7.85. The second kappa shape index (κ2) is 9.84. The Labute approximate surface area is 228 Å². The molecule has 0 saturated heterocycles. The van der Waals surface area contributed by atoms with Crippen molar-refractivity contribution in [3.05, 3.63) is 103 Å². The molecule has 0 heterocycles. The Balaban J connectivity index is 1.35.